The van der Waals surface area contributed by atoms with Crippen molar-refractivity contribution in [3.8, 4) is 0 Å². The fourth-order valence-electron chi connectivity index (χ4n) is 4.69. The van der Waals surface area contributed by atoms with E-state index in [-0.39, 0.29) is 6.42 Å². The predicted molar refractivity (Wildman–Crippen MR) is 103 cm³/mol. The van der Waals surface area contributed by atoms with Gasteiger partial charge in [0.1, 0.15) is 11.7 Å². The zero-order valence-corrected chi connectivity index (χ0v) is 16.2. The number of rotatable bonds is 4. The van der Waals surface area contributed by atoms with Gasteiger partial charge in [-0.25, -0.2) is 8.78 Å². The molecule has 1 spiro atoms. The van der Waals surface area contributed by atoms with Gasteiger partial charge in [-0.2, -0.15) is 0 Å². The van der Waals surface area contributed by atoms with Gasteiger partial charge >= 0.3 is 5.97 Å². The van der Waals surface area contributed by atoms with Crippen LogP contribution in [0.15, 0.2) is 18.2 Å². The molecule has 1 N–H and O–H groups in total. The summed E-state index contributed by atoms with van der Waals surface area (Å²) in [5.41, 5.74) is 1.42. The highest BCUT2D eigenvalue weighted by Gasteiger charge is 2.37. The smallest absolute Gasteiger partial charge is 0.303 e. The number of benzene rings is 1. The molecule has 0 amide bonds. The number of carbonyl (C=O) groups is 1. The lowest BCUT2D eigenvalue weighted by Crippen LogP contribution is -2.30. The zero-order valence-electron chi connectivity index (χ0n) is 15.1. The summed E-state index contributed by atoms with van der Waals surface area (Å²) >= 11 is 0. The van der Waals surface area contributed by atoms with Crippen molar-refractivity contribution in [2.45, 2.75) is 57.3 Å². The molecule has 3 nitrogen and oxygen atoms in total. The first-order valence-corrected chi connectivity index (χ1v) is 10.2. The second-order valence-corrected chi connectivity index (χ2v) is 8.61. The average Bonchev–Trinajstić information content (AvgIpc) is 2.79. The minimum atomic E-state index is -1.26. The van der Waals surface area contributed by atoms with Crippen molar-refractivity contribution in [3.63, 3.8) is 0 Å². The van der Waals surface area contributed by atoms with E-state index in [9.17, 15) is 13.6 Å². The van der Waals surface area contributed by atoms with Gasteiger partial charge in [0.25, 0.3) is 0 Å². The first kappa shape index (κ1) is 19.5. The Morgan fingerprint density at radius 1 is 1.23 bits per heavy atom. The van der Waals surface area contributed by atoms with E-state index in [0.29, 0.717) is 16.9 Å². The van der Waals surface area contributed by atoms with Gasteiger partial charge in [0.15, 0.2) is 0 Å². The van der Waals surface area contributed by atoms with E-state index in [1.54, 1.807) is 6.07 Å². The summed E-state index contributed by atoms with van der Waals surface area (Å²) in [6.45, 7) is 1.71. The maximum Gasteiger partial charge on any atom is 0.303 e. The molecule has 1 saturated heterocycles. The molecule has 2 unspecified atom stereocenters. The van der Waals surface area contributed by atoms with Crippen LogP contribution in [0.2, 0.25) is 0 Å². The molecule has 1 aliphatic carbocycles. The van der Waals surface area contributed by atoms with Gasteiger partial charge in [0, 0.05) is 25.2 Å². The van der Waals surface area contributed by atoms with Crippen LogP contribution in [0.25, 0.3) is 0 Å². The van der Waals surface area contributed by atoms with E-state index in [1.807, 2.05) is 0 Å². The summed E-state index contributed by atoms with van der Waals surface area (Å²) < 4.78 is 27.5. The van der Waals surface area contributed by atoms with Crippen LogP contribution in [0.1, 0.15) is 62.8 Å². The summed E-state index contributed by atoms with van der Waals surface area (Å²) in [5, 5.41) is 8.99. The molecular formula is C20H28F2NO2P. The van der Waals surface area contributed by atoms with Crippen molar-refractivity contribution >= 4 is 20.9 Å². The van der Waals surface area contributed by atoms with Gasteiger partial charge in [-0.1, -0.05) is 9.24 Å². The van der Waals surface area contributed by atoms with Gasteiger partial charge in [0.2, 0.25) is 0 Å². The molecule has 1 saturated carbocycles. The zero-order chi connectivity index (χ0) is 18.7. The van der Waals surface area contributed by atoms with Crippen LogP contribution in [-0.4, -0.2) is 24.2 Å². The summed E-state index contributed by atoms with van der Waals surface area (Å²) in [7, 11) is 2.08. The summed E-state index contributed by atoms with van der Waals surface area (Å²) in [6, 6.07) is 4.50. The van der Waals surface area contributed by atoms with Gasteiger partial charge in [-0.05, 0) is 80.0 Å². The normalized spacial score (nSPS) is 28.0. The standard InChI is InChI=1S/C20H28F2NO2P/c21-16-11-15(19(22)26)12-17(13-16)23-8-1-4-20(7-9-23)5-2-14(3-6-20)10-18(24)25/h11-14,19H,1-10,26H2,(H,24,25). The van der Waals surface area contributed by atoms with Crippen molar-refractivity contribution in [1.29, 1.82) is 0 Å². The highest BCUT2D eigenvalue weighted by Crippen LogP contribution is 2.47. The maximum absolute atomic E-state index is 13.9. The number of carboxylic acids is 1. The fourth-order valence-corrected chi connectivity index (χ4v) is 4.88. The highest BCUT2D eigenvalue weighted by molar-refractivity contribution is 7.16. The maximum atomic E-state index is 13.9. The summed E-state index contributed by atoms with van der Waals surface area (Å²) in [4.78, 5) is 13.1. The van der Waals surface area contributed by atoms with E-state index < -0.39 is 17.7 Å². The van der Waals surface area contributed by atoms with Crippen molar-refractivity contribution in [3.05, 3.63) is 29.6 Å². The Morgan fingerprint density at radius 2 is 1.96 bits per heavy atom. The van der Waals surface area contributed by atoms with Gasteiger partial charge in [-0.15, -0.1) is 0 Å². The Balaban J connectivity index is 1.65. The van der Waals surface area contributed by atoms with Gasteiger partial charge < -0.3 is 10.0 Å². The van der Waals surface area contributed by atoms with Crippen LogP contribution in [-0.2, 0) is 4.79 Å². The molecule has 0 aromatic heterocycles. The molecule has 26 heavy (non-hydrogen) atoms. The molecule has 1 aliphatic heterocycles. The summed E-state index contributed by atoms with van der Waals surface area (Å²) in [5.74, 6) is -2.03. The van der Waals surface area contributed by atoms with Crippen LogP contribution in [0.4, 0.5) is 14.5 Å². The second kappa shape index (κ2) is 8.21. The lowest BCUT2D eigenvalue weighted by atomic mass is 9.66. The molecule has 2 atom stereocenters. The number of hydrogen-bond acceptors (Lipinski definition) is 2. The molecule has 3 rings (SSSR count). The van der Waals surface area contributed by atoms with E-state index in [2.05, 4.69) is 14.1 Å². The van der Waals surface area contributed by atoms with Crippen LogP contribution in [0, 0.1) is 17.2 Å². The highest BCUT2D eigenvalue weighted by atomic mass is 31.0. The van der Waals surface area contributed by atoms with Crippen LogP contribution in [0.3, 0.4) is 0 Å². The largest absolute Gasteiger partial charge is 0.481 e. The number of halogens is 2. The van der Waals surface area contributed by atoms with E-state index in [4.69, 9.17) is 5.11 Å². The minimum Gasteiger partial charge on any atom is -0.481 e. The van der Waals surface area contributed by atoms with E-state index in [1.165, 1.54) is 12.1 Å². The van der Waals surface area contributed by atoms with E-state index >= 15 is 0 Å². The van der Waals surface area contributed by atoms with Crippen molar-refractivity contribution < 1.29 is 18.7 Å². The molecule has 0 radical (unpaired) electrons. The van der Waals surface area contributed by atoms with Crippen molar-refractivity contribution in [2.75, 3.05) is 18.0 Å². The molecule has 0 bridgehead atoms. The van der Waals surface area contributed by atoms with Gasteiger partial charge in [0.05, 0.1) is 0 Å². The molecule has 2 aliphatic rings. The van der Waals surface area contributed by atoms with E-state index in [0.717, 1.165) is 63.7 Å². The van der Waals surface area contributed by atoms with Crippen molar-refractivity contribution in [1.82, 2.24) is 0 Å². The number of aliphatic carboxylic acids is 1. The lowest BCUT2D eigenvalue weighted by Gasteiger charge is -2.39. The second-order valence-electron chi connectivity index (χ2n) is 8.03. The molecule has 1 aromatic rings. The Bertz CT molecular complexity index is 645. The SMILES string of the molecule is O=C(O)CC1CCC2(CCCN(c3cc(F)cc(C(F)P)c3)CC2)CC1. The molecule has 144 valence electrons. The van der Waals surface area contributed by atoms with Crippen molar-refractivity contribution in [2.24, 2.45) is 11.3 Å². The third-order valence-electron chi connectivity index (χ3n) is 6.26. The minimum absolute atomic E-state index is 0.285. The number of carboxylic acid groups (broad SMARTS) is 1. The third-order valence-corrected chi connectivity index (χ3v) is 6.65. The molecule has 1 aromatic carbocycles. The van der Waals surface area contributed by atoms with Gasteiger partial charge in [-0.3, -0.25) is 4.79 Å². The predicted octanol–water partition coefficient (Wildman–Crippen LogP) is 5.31. The Labute approximate surface area is 156 Å². The molecule has 2 fully saturated rings. The molecule has 6 heteroatoms. The number of hydrogen-bond donors (Lipinski definition) is 1. The van der Waals surface area contributed by atoms with Crippen LogP contribution in [0.5, 0.6) is 0 Å². The Hall–Kier alpha value is -1.22. The lowest BCUT2D eigenvalue weighted by molar-refractivity contribution is -0.138. The molecular weight excluding hydrogens is 355 g/mol. The Morgan fingerprint density at radius 3 is 2.62 bits per heavy atom. The van der Waals surface area contributed by atoms with Crippen LogP contribution >= 0.6 is 9.24 Å². The topological polar surface area (TPSA) is 40.5 Å². The Kier molecular flexibility index (Phi) is 6.17. The first-order valence-electron chi connectivity index (χ1n) is 9.54. The van der Waals surface area contributed by atoms with Crippen LogP contribution < -0.4 is 4.90 Å². The first-order chi connectivity index (χ1) is 12.4. The number of nitrogens with zero attached hydrogens (tertiary/aromatic N) is 1. The third kappa shape index (κ3) is 4.73. The summed E-state index contributed by atoms with van der Waals surface area (Å²) in [6.07, 6.45) is 7.67. The number of alkyl halides is 1. The molecule has 1 heterocycles. The monoisotopic (exact) mass is 383 g/mol. The number of anilines is 1. The quantitative estimate of drug-likeness (QED) is 0.717. The fraction of sp³-hybridized carbons (Fsp3) is 0.650. The average molecular weight is 383 g/mol.